The van der Waals surface area contributed by atoms with Crippen LogP contribution in [0.15, 0.2) is 109 Å². The molecule has 510 valence electrons. The van der Waals surface area contributed by atoms with E-state index in [-0.39, 0.29) is 12.5 Å². The first-order chi connectivity index (χ1) is 43.0. The number of carbonyl (C=O) groups excluding carboxylic acids is 1. The van der Waals surface area contributed by atoms with Gasteiger partial charge in [-0.15, -0.1) is 0 Å². The molecule has 0 aromatic carbocycles. The number of rotatable bonds is 68. The van der Waals surface area contributed by atoms with Gasteiger partial charge in [0.05, 0.1) is 39.9 Å². The van der Waals surface area contributed by atoms with E-state index in [4.69, 9.17) is 9.05 Å². The van der Waals surface area contributed by atoms with Gasteiger partial charge in [-0.2, -0.15) is 0 Å². The minimum Gasteiger partial charge on any atom is -0.756 e. The molecule has 0 fully saturated rings. The molecule has 0 radical (unpaired) electrons. The monoisotopic (exact) mass is 1250 g/mol. The Hall–Kier alpha value is -2.84. The number of nitrogens with one attached hydrogen (secondary N) is 1. The molecule has 9 heteroatoms. The summed E-state index contributed by atoms with van der Waals surface area (Å²) < 4.78 is 23.5. The minimum absolute atomic E-state index is 0.00935. The summed E-state index contributed by atoms with van der Waals surface area (Å²) in [7, 11) is 1.24. The van der Waals surface area contributed by atoms with Crippen LogP contribution < -0.4 is 10.2 Å². The molecule has 8 nitrogen and oxygen atoms in total. The first-order valence-electron chi connectivity index (χ1n) is 37.2. The Labute approximate surface area is 546 Å². The molecule has 3 unspecified atom stereocenters. The SMILES string of the molecule is CC/C=C\C/C=C\C/C=C\C/C=C\C/C=C\C/C=C\C/C=C\CCCCCCCCCCCCCCCCCC(=O)NC(COP(=O)([O-])OCC[N+](C)(C)C)C(O)/C=C/CC/C=C/CCCCCCCCCCCCCCCCCCCCCCCCC. The van der Waals surface area contributed by atoms with Crippen LogP contribution in [0.3, 0.4) is 0 Å². The van der Waals surface area contributed by atoms with E-state index in [9.17, 15) is 19.4 Å². The lowest BCUT2D eigenvalue weighted by molar-refractivity contribution is -0.870. The third-order valence-electron chi connectivity index (χ3n) is 16.5. The standard InChI is InChI=1S/C79H143N2O6P/c1-6-8-10-12-14-16-18-20-22-24-26-28-30-32-34-36-37-38-39-40-41-42-43-45-47-49-51-53-55-57-59-61-63-65-67-69-71-73-79(83)80-77(76-87-88(84,85)86-75-74-81(3,4)5)78(82)72-70-68-66-64-62-60-58-56-54-52-50-48-46-44-35-33-31-29-27-25-23-21-19-17-15-13-11-9-7-2/h8,10,14,16,20,22,26,28,32,34,37-38,40-41,62,64,70,72,77-78,82H,6-7,9,11-13,15,17-19,21,23-25,27,29-31,33,35-36,39,42-61,63,65-69,71,73-76H2,1-5H3,(H-,80,83,84,85)/b10-8-,16-14-,22-20-,28-26-,34-32-,38-37-,41-40-,64-62+,72-70+. The maximum atomic E-state index is 13.1. The van der Waals surface area contributed by atoms with Crippen molar-refractivity contribution >= 4 is 13.7 Å². The van der Waals surface area contributed by atoms with Crippen LogP contribution in [0.5, 0.6) is 0 Å². The highest BCUT2D eigenvalue weighted by molar-refractivity contribution is 7.45. The summed E-state index contributed by atoms with van der Waals surface area (Å²) in [4.78, 5) is 25.7. The zero-order chi connectivity index (χ0) is 64.1. The molecule has 0 saturated heterocycles. The molecule has 0 aliphatic carbocycles. The molecule has 0 saturated carbocycles. The number of aliphatic hydroxyl groups is 1. The second-order valence-electron chi connectivity index (χ2n) is 26.3. The zero-order valence-electron chi connectivity index (χ0n) is 58.4. The minimum atomic E-state index is -4.62. The van der Waals surface area contributed by atoms with E-state index in [2.05, 4.69) is 116 Å². The molecule has 0 aromatic rings. The molecule has 0 bridgehead atoms. The van der Waals surface area contributed by atoms with Gasteiger partial charge in [0.25, 0.3) is 7.82 Å². The highest BCUT2D eigenvalue weighted by Gasteiger charge is 2.23. The lowest BCUT2D eigenvalue weighted by Crippen LogP contribution is -2.45. The third-order valence-corrected chi connectivity index (χ3v) is 17.4. The molecule has 88 heavy (non-hydrogen) atoms. The van der Waals surface area contributed by atoms with Crippen LogP contribution >= 0.6 is 7.82 Å². The lowest BCUT2D eigenvalue weighted by atomic mass is 10.0. The van der Waals surface area contributed by atoms with Gasteiger partial charge in [-0.3, -0.25) is 9.36 Å². The fourth-order valence-electron chi connectivity index (χ4n) is 10.7. The second kappa shape index (κ2) is 68.5. The number of likely N-dealkylation sites (N-methyl/N-ethyl adjacent to an activating group) is 1. The number of unbranched alkanes of at least 4 members (excludes halogenated alkanes) is 39. The normalized spacial score (nSPS) is 14.2. The molecular weight excluding hydrogens is 1100 g/mol. The van der Waals surface area contributed by atoms with Gasteiger partial charge in [-0.25, -0.2) is 0 Å². The van der Waals surface area contributed by atoms with Crippen LogP contribution in [0.2, 0.25) is 0 Å². The zero-order valence-corrected chi connectivity index (χ0v) is 59.3. The van der Waals surface area contributed by atoms with Gasteiger partial charge in [0.15, 0.2) is 0 Å². The Kier molecular flexibility index (Phi) is 66.3. The van der Waals surface area contributed by atoms with Crippen LogP contribution in [-0.2, 0) is 18.4 Å². The lowest BCUT2D eigenvalue weighted by Gasteiger charge is -2.29. The summed E-state index contributed by atoms with van der Waals surface area (Å²) in [5, 5.41) is 14.0. The van der Waals surface area contributed by atoms with Gasteiger partial charge in [-0.05, 0) is 89.9 Å². The maximum absolute atomic E-state index is 13.1. The van der Waals surface area contributed by atoms with Gasteiger partial charge in [0.2, 0.25) is 5.91 Å². The summed E-state index contributed by atoms with van der Waals surface area (Å²) in [5.74, 6) is -0.207. The van der Waals surface area contributed by atoms with Crippen LogP contribution in [-0.4, -0.2) is 68.5 Å². The van der Waals surface area contributed by atoms with E-state index in [0.717, 1.165) is 83.5 Å². The van der Waals surface area contributed by atoms with Crippen molar-refractivity contribution in [2.75, 3.05) is 40.9 Å². The molecule has 2 N–H and O–H groups in total. The van der Waals surface area contributed by atoms with E-state index >= 15 is 0 Å². The quantitative estimate of drug-likeness (QED) is 0.0272. The number of aliphatic hydroxyl groups excluding tert-OH is 1. The van der Waals surface area contributed by atoms with Crippen molar-refractivity contribution in [2.45, 2.75) is 347 Å². The fraction of sp³-hybridized carbons (Fsp3) is 0.759. The Balaban J connectivity index is 4.08. The van der Waals surface area contributed by atoms with Crippen LogP contribution in [0.1, 0.15) is 335 Å². The van der Waals surface area contributed by atoms with Crippen molar-refractivity contribution in [3.63, 3.8) is 0 Å². The Morgan fingerprint density at radius 1 is 0.409 bits per heavy atom. The van der Waals surface area contributed by atoms with Gasteiger partial charge >= 0.3 is 0 Å². The highest BCUT2D eigenvalue weighted by atomic mass is 31.2. The number of phosphoric acid groups is 1. The summed E-state index contributed by atoms with van der Waals surface area (Å²) in [6, 6.07) is -0.911. The molecule has 0 rings (SSSR count). The van der Waals surface area contributed by atoms with E-state index in [1.807, 2.05) is 27.2 Å². The topological polar surface area (TPSA) is 108 Å². The largest absolute Gasteiger partial charge is 0.756 e. The molecule has 0 spiro atoms. The molecule has 0 aliphatic rings. The first-order valence-corrected chi connectivity index (χ1v) is 38.7. The Bertz CT molecular complexity index is 1810. The molecule has 3 atom stereocenters. The van der Waals surface area contributed by atoms with Crippen molar-refractivity contribution in [2.24, 2.45) is 0 Å². The summed E-state index contributed by atoms with van der Waals surface area (Å²) in [6.45, 7) is 4.55. The molecule has 0 aliphatic heterocycles. The molecule has 0 heterocycles. The van der Waals surface area contributed by atoms with Crippen LogP contribution in [0.25, 0.3) is 0 Å². The first kappa shape index (κ1) is 85.2. The summed E-state index contributed by atoms with van der Waals surface area (Å²) >= 11 is 0. The Morgan fingerprint density at radius 3 is 1.06 bits per heavy atom. The second-order valence-corrected chi connectivity index (χ2v) is 27.7. The van der Waals surface area contributed by atoms with Crippen molar-refractivity contribution in [1.82, 2.24) is 5.32 Å². The summed E-state index contributed by atoms with van der Waals surface area (Å²) in [5.41, 5.74) is 0. The number of nitrogens with zero attached hydrogens (tertiary/aromatic N) is 1. The number of allylic oxidation sites excluding steroid dienone is 17. The average molecular weight is 1250 g/mol. The number of phosphoric ester groups is 1. The van der Waals surface area contributed by atoms with Gasteiger partial charge in [0, 0.05) is 6.42 Å². The summed E-state index contributed by atoms with van der Waals surface area (Å²) in [6.07, 6.45) is 101. The van der Waals surface area contributed by atoms with Gasteiger partial charge in [0.1, 0.15) is 13.2 Å². The van der Waals surface area contributed by atoms with E-state index in [0.29, 0.717) is 17.4 Å². The average Bonchev–Trinajstić information content (AvgIpc) is 3.70. The number of carbonyl (C=O) groups is 1. The number of hydrogen-bond donors (Lipinski definition) is 2. The van der Waals surface area contributed by atoms with Crippen molar-refractivity contribution in [3.05, 3.63) is 109 Å². The van der Waals surface area contributed by atoms with Crippen LogP contribution in [0, 0.1) is 0 Å². The van der Waals surface area contributed by atoms with E-state index in [1.54, 1.807) is 6.08 Å². The Morgan fingerprint density at radius 2 is 0.705 bits per heavy atom. The predicted octanol–water partition coefficient (Wildman–Crippen LogP) is 23.6. The molecular formula is C79H143N2O6P. The van der Waals surface area contributed by atoms with Crippen molar-refractivity contribution in [1.29, 1.82) is 0 Å². The van der Waals surface area contributed by atoms with Gasteiger partial charge < -0.3 is 28.8 Å². The number of hydrogen-bond acceptors (Lipinski definition) is 6. The third kappa shape index (κ3) is 70.6. The molecule has 1 amide bonds. The smallest absolute Gasteiger partial charge is 0.268 e. The fourth-order valence-corrected chi connectivity index (χ4v) is 11.5. The number of quaternary nitrogens is 1. The van der Waals surface area contributed by atoms with E-state index < -0.39 is 26.6 Å². The van der Waals surface area contributed by atoms with E-state index in [1.165, 1.54) is 231 Å². The van der Waals surface area contributed by atoms with Gasteiger partial charge in [-0.1, -0.05) is 348 Å². The van der Waals surface area contributed by atoms with Crippen LogP contribution in [0.4, 0.5) is 0 Å². The van der Waals surface area contributed by atoms with Crippen molar-refractivity contribution < 1.29 is 32.9 Å². The van der Waals surface area contributed by atoms with Crippen molar-refractivity contribution in [3.8, 4) is 0 Å². The predicted molar refractivity (Wildman–Crippen MR) is 385 cm³/mol. The maximum Gasteiger partial charge on any atom is 0.268 e. The highest BCUT2D eigenvalue weighted by Crippen LogP contribution is 2.38. The molecule has 0 aromatic heterocycles. The number of amides is 1.